The van der Waals surface area contributed by atoms with Crippen molar-refractivity contribution < 1.29 is 18.5 Å². The maximum absolute atomic E-state index is 12.5. The molecule has 0 fully saturated rings. The largest absolute Gasteiger partial charge is 0.385 e. The summed E-state index contributed by atoms with van der Waals surface area (Å²) in [5.41, 5.74) is 0. The topological polar surface area (TPSA) is 46.5 Å². The van der Waals surface area contributed by atoms with Crippen molar-refractivity contribution in [3.63, 3.8) is 0 Å². The average molecular weight is 459 g/mol. The fourth-order valence-corrected chi connectivity index (χ4v) is 5.96. The monoisotopic (exact) mass is 458 g/mol. The minimum Gasteiger partial charge on any atom is -0.320 e. The summed E-state index contributed by atoms with van der Waals surface area (Å²) in [4.78, 5) is 10.3. The summed E-state index contributed by atoms with van der Waals surface area (Å²) in [6.45, 7) is 6.11. The minimum absolute atomic E-state index is 0.352. The van der Waals surface area contributed by atoms with Gasteiger partial charge in [0.25, 0.3) is 0 Å². The maximum Gasteiger partial charge on any atom is 0.385 e. The van der Waals surface area contributed by atoms with Crippen LogP contribution >= 0.6 is 7.60 Å². The second-order valence-corrected chi connectivity index (χ2v) is 11.8. The molecular formula is C26H53NO3P+. The number of quaternary nitrogens is 1. The Hall–Kier alpha value is -0.410. The molecule has 0 bridgehead atoms. The molecule has 0 heterocycles. The highest BCUT2D eigenvalue weighted by molar-refractivity contribution is 7.53. The van der Waals surface area contributed by atoms with Crippen molar-refractivity contribution in [3.8, 4) is 0 Å². The third-order valence-corrected chi connectivity index (χ3v) is 8.24. The summed E-state index contributed by atoms with van der Waals surface area (Å²) in [5, 5.41) is 0. The van der Waals surface area contributed by atoms with Crippen LogP contribution in [0.3, 0.4) is 0 Å². The van der Waals surface area contributed by atoms with Crippen molar-refractivity contribution in [1.82, 2.24) is 0 Å². The van der Waals surface area contributed by atoms with E-state index in [0.29, 0.717) is 17.5 Å². The van der Waals surface area contributed by atoms with Gasteiger partial charge in [0.05, 0.1) is 27.7 Å². The van der Waals surface area contributed by atoms with Gasteiger partial charge in [-0.3, -0.25) is 4.57 Å². The standard InChI is InChI=1S/C26H52NO3P/c1-6-8-9-10-11-12-13-14-15-16-17-18-19-20-21-22-23-24-25-30-31(28,29)26(7-2)27(3,4)5/h6,14-15,26H,1,7-13,16-25H2,2-5H3/p+1/b15-14-. The highest BCUT2D eigenvalue weighted by Gasteiger charge is 2.41. The Balaban J connectivity index is 3.48. The third kappa shape index (κ3) is 17.8. The van der Waals surface area contributed by atoms with Gasteiger partial charge in [-0.25, -0.2) is 0 Å². The fourth-order valence-electron chi connectivity index (χ4n) is 4.06. The smallest absolute Gasteiger partial charge is 0.320 e. The van der Waals surface area contributed by atoms with Gasteiger partial charge in [-0.15, -0.1) is 6.58 Å². The van der Waals surface area contributed by atoms with Gasteiger partial charge in [-0.2, -0.15) is 0 Å². The first-order chi connectivity index (χ1) is 14.8. The average Bonchev–Trinajstić information content (AvgIpc) is 2.68. The van der Waals surface area contributed by atoms with Crippen LogP contribution in [-0.4, -0.2) is 42.9 Å². The van der Waals surface area contributed by atoms with Gasteiger partial charge in [0, 0.05) is 6.42 Å². The Morgan fingerprint density at radius 1 is 0.806 bits per heavy atom. The van der Waals surface area contributed by atoms with E-state index in [1.165, 1.54) is 77.0 Å². The molecule has 0 amide bonds. The number of rotatable bonds is 22. The molecule has 0 aliphatic carbocycles. The molecule has 0 aliphatic heterocycles. The zero-order valence-corrected chi connectivity index (χ0v) is 22.1. The van der Waals surface area contributed by atoms with Gasteiger partial charge in [0.2, 0.25) is 0 Å². The molecular weight excluding hydrogens is 405 g/mol. The van der Waals surface area contributed by atoms with E-state index in [2.05, 4.69) is 18.7 Å². The quantitative estimate of drug-likeness (QED) is 0.0769. The summed E-state index contributed by atoms with van der Waals surface area (Å²) in [6.07, 6.45) is 26.0. The van der Waals surface area contributed by atoms with Gasteiger partial charge in [0.1, 0.15) is 0 Å². The van der Waals surface area contributed by atoms with Crippen LogP contribution in [0.2, 0.25) is 0 Å². The Morgan fingerprint density at radius 3 is 1.65 bits per heavy atom. The zero-order valence-electron chi connectivity index (χ0n) is 21.2. The Bertz CT molecular complexity index is 499. The van der Waals surface area contributed by atoms with Crippen LogP contribution in [0.4, 0.5) is 0 Å². The highest BCUT2D eigenvalue weighted by Crippen LogP contribution is 2.51. The SMILES string of the molecule is C=CCCCCCC/C=C\CCCCCCCCCCOP(=O)(O)C(CC)[N+](C)(C)C. The number of hydrogen-bond acceptors (Lipinski definition) is 2. The lowest BCUT2D eigenvalue weighted by Gasteiger charge is -2.35. The molecule has 2 unspecified atom stereocenters. The van der Waals surface area contributed by atoms with E-state index >= 15 is 0 Å². The summed E-state index contributed by atoms with van der Waals surface area (Å²) in [7, 11) is 2.29. The molecule has 5 heteroatoms. The molecule has 4 nitrogen and oxygen atoms in total. The number of unbranched alkanes of at least 4 members (excludes halogenated alkanes) is 13. The lowest BCUT2D eigenvalue weighted by molar-refractivity contribution is -0.883. The van der Waals surface area contributed by atoms with Crippen molar-refractivity contribution in [2.75, 3.05) is 27.7 Å². The van der Waals surface area contributed by atoms with Crippen molar-refractivity contribution in [2.45, 2.75) is 115 Å². The van der Waals surface area contributed by atoms with Crippen molar-refractivity contribution in [3.05, 3.63) is 24.8 Å². The first kappa shape index (κ1) is 30.6. The van der Waals surface area contributed by atoms with E-state index in [0.717, 1.165) is 19.3 Å². The van der Waals surface area contributed by atoms with Gasteiger partial charge in [-0.1, -0.05) is 76.5 Å². The molecule has 0 spiro atoms. The Morgan fingerprint density at radius 2 is 1.23 bits per heavy atom. The minimum atomic E-state index is -3.55. The first-order valence-electron chi connectivity index (χ1n) is 12.8. The highest BCUT2D eigenvalue weighted by atomic mass is 31.2. The van der Waals surface area contributed by atoms with Crippen LogP contribution in [0, 0.1) is 0 Å². The van der Waals surface area contributed by atoms with E-state index in [4.69, 9.17) is 4.52 Å². The van der Waals surface area contributed by atoms with Gasteiger partial charge in [0.15, 0.2) is 5.78 Å². The van der Waals surface area contributed by atoms with Crippen LogP contribution in [-0.2, 0) is 9.09 Å². The van der Waals surface area contributed by atoms with E-state index in [-0.39, 0.29) is 5.78 Å². The van der Waals surface area contributed by atoms with Crippen LogP contribution < -0.4 is 0 Å². The van der Waals surface area contributed by atoms with Crippen LogP contribution in [0.5, 0.6) is 0 Å². The summed E-state index contributed by atoms with van der Waals surface area (Å²) in [6, 6.07) is 0. The predicted molar refractivity (Wildman–Crippen MR) is 136 cm³/mol. The fraction of sp³-hybridized carbons (Fsp3) is 0.846. The van der Waals surface area contributed by atoms with Gasteiger partial charge in [-0.05, 0) is 44.9 Å². The van der Waals surface area contributed by atoms with Crippen LogP contribution in [0.25, 0.3) is 0 Å². The molecule has 0 saturated carbocycles. The number of nitrogens with zero attached hydrogens (tertiary/aromatic N) is 1. The summed E-state index contributed by atoms with van der Waals surface area (Å²) >= 11 is 0. The van der Waals surface area contributed by atoms with Crippen LogP contribution in [0.1, 0.15) is 110 Å². The van der Waals surface area contributed by atoms with Gasteiger partial charge >= 0.3 is 7.60 Å². The van der Waals surface area contributed by atoms with Crippen molar-refractivity contribution in [2.24, 2.45) is 0 Å². The number of allylic oxidation sites excluding steroid dienone is 3. The van der Waals surface area contributed by atoms with Gasteiger partial charge < -0.3 is 13.9 Å². The Labute approximate surface area is 194 Å². The summed E-state index contributed by atoms with van der Waals surface area (Å²) < 4.78 is 18.4. The molecule has 0 rings (SSSR count). The molecule has 0 aromatic rings. The molecule has 0 aliphatic rings. The molecule has 1 N–H and O–H groups in total. The molecule has 31 heavy (non-hydrogen) atoms. The molecule has 0 aromatic carbocycles. The maximum atomic E-state index is 12.5. The predicted octanol–water partition coefficient (Wildman–Crippen LogP) is 8.22. The molecule has 0 saturated heterocycles. The van der Waals surface area contributed by atoms with E-state index in [1.54, 1.807) is 0 Å². The van der Waals surface area contributed by atoms with Crippen LogP contribution in [0.15, 0.2) is 24.8 Å². The Kier molecular flexibility index (Phi) is 18.8. The summed E-state index contributed by atoms with van der Waals surface area (Å²) in [5.74, 6) is -0.352. The second kappa shape index (κ2) is 19.1. The third-order valence-electron chi connectivity index (χ3n) is 5.87. The molecule has 2 atom stereocenters. The van der Waals surface area contributed by atoms with Crippen molar-refractivity contribution in [1.29, 1.82) is 0 Å². The normalized spacial score (nSPS) is 15.3. The molecule has 184 valence electrons. The number of hydrogen-bond donors (Lipinski definition) is 1. The molecule has 0 aromatic heterocycles. The van der Waals surface area contributed by atoms with E-state index < -0.39 is 7.60 Å². The zero-order chi connectivity index (χ0) is 23.4. The molecule has 0 radical (unpaired) electrons. The second-order valence-electron chi connectivity index (χ2n) is 9.77. The first-order valence-corrected chi connectivity index (χ1v) is 14.4. The van der Waals surface area contributed by atoms with Crippen molar-refractivity contribution >= 4 is 7.60 Å². The van der Waals surface area contributed by atoms with E-state index in [1.807, 2.05) is 34.1 Å². The lowest BCUT2D eigenvalue weighted by Crippen LogP contribution is -2.44. The van der Waals surface area contributed by atoms with E-state index in [9.17, 15) is 9.46 Å². The lowest BCUT2D eigenvalue weighted by atomic mass is 10.1.